The first-order valence-electron chi connectivity index (χ1n) is 10.4. The van der Waals surface area contributed by atoms with Crippen LogP contribution in [-0.2, 0) is 11.0 Å². The van der Waals surface area contributed by atoms with E-state index < -0.39 is 11.7 Å². The van der Waals surface area contributed by atoms with Crippen LogP contribution in [0.1, 0.15) is 45.1 Å². The van der Waals surface area contributed by atoms with Crippen LogP contribution in [0.25, 0.3) is 0 Å². The van der Waals surface area contributed by atoms with Gasteiger partial charge in [0.25, 0.3) is 0 Å². The van der Waals surface area contributed by atoms with E-state index >= 15 is 0 Å². The molecular formula is C21H28F3N3OS. The van der Waals surface area contributed by atoms with Gasteiger partial charge in [-0.3, -0.25) is 9.52 Å². The molecule has 1 heterocycles. The second-order valence-electron chi connectivity index (χ2n) is 8.66. The average Bonchev–Trinajstić information content (AvgIpc) is 3.23. The molecule has 0 radical (unpaired) electrons. The molecule has 1 aromatic heterocycles. The fourth-order valence-corrected chi connectivity index (χ4v) is 7.06. The summed E-state index contributed by atoms with van der Waals surface area (Å²) in [5.74, 6) is 3.26. The fraction of sp³-hybridized carbons (Fsp3) is 0.714. The molecule has 4 rings (SSSR count). The highest BCUT2D eigenvalue weighted by Crippen LogP contribution is 2.84. The lowest BCUT2D eigenvalue weighted by Crippen LogP contribution is -2.49. The van der Waals surface area contributed by atoms with E-state index in [2.05, 4.69) is 16.6 Å². The lowest BCUT2D eigenvalue weighted by Gasteiger charge is -2.48. The molecule has 3 saturated carbocycles. The Bertz CT molecular complexity index is 771. The third-order valence-corrected chi connectivity index (χ3v) is 8.72. The van der Waals surface area contributed by atoms with E-state index in [-0.39, 0.29) is 5.41 Å². The van der Waals surface area contributed by atoms with Crippen molar-refractivity contribution in [3.05, 3.63) is 23.9 Å². The SMILES string of the molecule is CCN(CCCNSCC12CCC13C(C)C3CC2=O)c1ccc(C(F)(F)F)cn1. The number of hydrogen-bond acceptors (Lipinski definition) is 5. The van der Waals surface area contributed by atoms with Gasteiger partial charge in [-0.05, 0) is 55.6 Å². The van der Waals surface area contributed by atoms with Gasteiger partial charge in [-0.2, -0.15) is 13.2 Å². The van der Waals surface area contributed by atoms with E-state index in [1.54, 1.807) is 11.9 Å². The molecule has 0 aliphatic heterocycles. The van der Waals surface area contributed by atoms with Gasteiger partial charge in [-0.1, -0.05) is 18.9 Å². The maximum Gasteiger partial charge on any atom is 0.417 e. The summed E-state index contributed by atoms with van der Waals surface area (Å²) in [5.41, 5.74) is -0.474. The van der Waals surface area contributed by atoms with Gasteiger partial charge in [0.2, 0.25) is 0 Å². The van der Waals surface area contributed by atoms with Crippen molar-refractivity contribution in [1.82, 2.24) is 9.71 Å². The summed E-state index contributed by atoms with van der Waals surface area (Å²) in [6.45, 7) is 6.46. The van der Waals surface area contributed by atoms with Crippen LogP contribution in [0, 0.1) is 22.7 Å². The van der Waals surface area contributed by atoms with Crippen molar-refractivity contribution in [1.29, 1.82) is 0 Å². The molecule has 3 aliphatic carbocycles. The molecule has 1 spiro atoms. The second-order valence-corrected chi connectivity index (χ2v) is 9.53. The molecule has 8 heteroatoms. The van der Waals surface area contributed by atoms with Gasteiger partial charge in [-0.25, -0.2) is 4.98 Å². The van der Waals surface area contributed by atoms with E-state index in [1.165, 1.54) is 12.5 Å². The number of halogens is 3. The monoisotopic (exact) mass is 427 g/mol. The number of rotatable bonds is 9. The zero-order chi connectivity index (χ0) is 20.9. The number of alkyl halides is 3. The summed E-state index contributed by atoms with van der Waals surface area (Å²) in [6.07, 6.45) is 0.440. The Labute approximate surface area is 174 Å². The predicted molar refractivity (Wildman–Crippen MR) is 109 cm³/mol. The van der Waals surface area contributed by atoms with Gasteiger partial charge in [0.15, 0.2) is 0 Å². The van der Waals surface area contributed by atoms with Gasteiger partial charge in [-0.15, -0.1) is 0 Å². The molecule has 0 amide bonds. The Morgan fingerprint density at radius 3 is 2.72 bits per heavy atom. The van der Waals surface area contributed by atoms with E-state index in [4.69, 9.17) is 0 Å². The summed E-state index contributed by atoms with van der Waals surface area (Å²) in [5, 5.41) is 0. The first-order valence-corrected chi connectivity index (χ1v) is 11.4. The van der Waals surface area contributed by atoms with E-state index in [0.717, 1.165) is 50.4 Å². The zero-order valence-corrected chi connectivity index (χ0v) is 17.7. The number of ketones is 1. The van der Waals surface area contributed by atoms with E-state index in [9.17, 15) is 18.0 Å². The van der Waals surface area contributed by atoms with Crippen molar-refractivity contribution in [3.63, 3.8) is 0 Å². The standard InChI is InChI=1S/C21H28F3N3OS/c1-3-27(18-6-5-15(12-25-18)21(22,23)24)10-4-9-26-29-13-19-7-8-20(19)14(2)16(20)11-17(19)28/h5-6,12,14,16,26H,3-4,7-11,13H2,1-2H3. The maximum atomic E-state index is 12.7. The predicted octanol–water partition coefficient (Wildman–Crippen LogP) is 4.56. The van der Waals surface area contributed by atoms with Crippen LogP contribution in [0.3, 0.4) is 0 Å². The summed E-state index contributed by atoms with van der Waals surface area (Å²) < 4.78 is 41.4. The number of nitrogens with one attached hydrogen (secondary N) is 1. The van der Waals surface area contributed by atoms with Crippen LogP contribution in [0.5, 0.6) is 0 Å². The molecule has 1 aromatic rings. The molecule has 1 N–H and O–H groups in total. The van der Waals surface area contributed by atoms with Gasteiger partial charge in [0.05, 0.1) is 5.56 Å². The third kappa shape index (κ3) is 3.26. The smallest absolute Gasteiger partial charge is 0.357 e. The Morgan fingerprint density at radius 1 is 1.34 bits per heavy atom. The molecule has 29 heavy (non-hydrogen) atoms. The minimum Gasteiger partial charge on any atom is -0.357 e. The number of carbonyl (C=O) groups excluding carboxylic acids is 1. The highest BCUT2D eigenvalue weighted by Gasteiger charge is 2.82. The Balaban J connectivity index is 1.20. The minimum absolute atomic E-state index is 0.0750. The molecule has 4 nitrogen and oxygen atoms in total. The zero-order valence-electron chi connectivity index (χ0n) is 16.9. The van der Waals surface area contributed by atoms with Gasteiger partial charge in [0.1, 0.15) is 11.6 Å². The third-order valence-electron chi connectivity index (χ3n) is 7.67. The number of anilines is 1. The highest BCUT2D eigenvalue weighted by molar-refractivity contribution is 7.97. The molecule has 3 fully saturated rings. The number of hydrogen-bond donors (Lipinski definition) is 1. The molecule has 4 unspecified atom stereocenters. The summed E-state index contributed by atoms with van der Waals surface area (Å²) in [6, 6.07) is 2.51. The Morgan fingerprint density at radius 2 is 2.14 bits per heavy atom. The largest absolute Gasteiger partial charge is 0.417 e. The van der Waals surface area contributed by atoms with Crippen molar-refractivity contribution in [2.24, 2.45) is 22.7 Å². The first kappa shape index (κ1) is 21.0. The van der Waals surface area contributed by atoms with Crippen LogP contribution >= 0.6 is 11.9 Å². The molecule has 0 bridgehead atoms. The van der Waals surface area contributed by atoms with Crippen molar-refractivity contribution >= 4 is 23.5 Å². The fourth-order valence-electron chi connectivity index (χ4n) is 5.85. The van der Waals surface area contributed by atoms with Crippen molar-refractivity contribution < 1.29 is 18.0 Å². The second kappa shape index (κ2) is 7.45. The number of nitrogens with zero attached hydrogens (tertiary/aromatic N) is 2. The lowest BCUT2D eigenvalue weighted by atomic mass is 9.57. The average molecular weight is 428 g/mol. The quantitative estimate of drug-likeness (QED) is 0.462. The molecule has 0 saturated heterocycles. The van der Waals surface area contributed by atoms with E-state index in [1.807, 2.05) is 11.8 Å². The Kier molecular flexibility index (Phi) is 5.39. The number of aromatic nitrogens is 1. The van der Waals surface area contributed by atoms with Gasteiger partial charge < -0.3 is 4.90 Å². The van der Waals surface area contributed by atoms with Crippen LogP contribution < -0.4 is 9.62 Å². The molecular weight excluding hydrogens is 399 g/mol. The summed E-state index contributed by atoms with van der Waals surface area (Å²) in [4.78, 5) is 18.5. The molecule has 160 valence electrons. The molecule has 4 atom stereocenters. The van der Waals surface area contributed by atoms with Crippen molar-refractivity contribution in [2.45, 2.75) is 45.7 Å². The van der Waals surface area contributed by atoms with Gasteiger partial charge >= 0.3 is 6.18 Å². The topological polar surface area (TPSA) is 45.2 Å². The van der Waals surface area contributed by atoms with Crippen LogP contribution in [0.2, 0.25) is 0 Å². The van der Waals surface area contributed by atoms with Crippen LogP contribution in [0.4, 0.5) is 19.0 Å². The summed E-state index contributed by atoms with van der Waals surface area (Å²) >= 11 is 1.67. The highest BCUT2D eigenvalue weighted by atomic mass is 32.2. The van der Waals surface area contributed by atoms with Gasteiger partial charge in [0, 0.05) is 43.4 Å². The lowest BCUT2D eigenvalue weighted by molar-refractivity contribution is -0.138. The van der Waals surface area contributed by atoms with E-state index in [0.29, 0.717) is 35.4 Å². The number of carbonyl (C=O) groups is 1. The molecule has 0 aromatic carbocycles. The maximum absolute atomic E-state index is 12.7. The van der Waals surface area contributed by atoms with Crippen LogP contribution in [0.15, 0.2) is 18.3 Å². The number of Topliss-reactive ketones (excluding diaryl/α,β-unsaturated/α-hetero) is 1. The Hall–Kier alpha value is -1.28. The minimum atomic E-state index is -4.36. The number of pyridine rings is 1. The van der Waals surface area contributed by atoms with Crippen LogP contribution in [-0.4, -0.2) is 36.2 Å². The van der Waals surface area contributed by atoms with Crippen molar-refractivity contribution in [3.8, 4) is 0 Å². The normalized spacial score (nSPS) is 32.5. The summed E-state index contributed by atoms with van der Waals surface area (Å²) in [7, 11) is 0. The van der Waals surface area contributed by atoms with Crippen molar-refractivity contribution in [2.75, 3.05) is 30.3 Å². The molecule has 3 aliphatic rings. The first-order chi connectivity index (χ1) is 13.8.